The Hall–Kier alpha value is -1.83. The molecule has 0 aromatic heterocycles. The van der Waals surface area contributed by atoms with Gasteiger partial charge in [-0.3, -0.25) is 4.90 Å². The predicted molar refractivity (Wildman–Crippen MR) is 84.7 cm³/mol. The molecule has 0 unspecified atom stereocenters. The van der Waals surface area contributed by atoms with E-state index in [0.717, 1.165) is 11.3 Å². The zero-order valence-electron chi connectivity index (χ0n) is 13.6. The van der Waals surface area contributed by atoms with E-state index in [1.807, 2.05) is 24.3 Å². The Balaban J connectivity index is 1.39. The van der Waals surface area contributed by atoms with Crippen molar-refractivity contribution in [2.24, 2.45) is 0 Å². The quantitative estimate of drug-likeness (QED) is 0.719. The van der Waals surface area contributed by atoms with Crippen LogP contribution in [0.5, 0.6) is 5.75 Å². The number of carbonyl (C=O) groups excluding carboxylic acids is 1. The first-order valence-electron chi connectivity index (χ1n) is 8.14. The molecule has 0 radical (unpaired) electrons. The molecule has 132 valence electrons. The molecule has 2 fully saturated rings. The Bertz CT molecular complexity index is 563. The van der Waals surface area contributed by atoms with Crippen LogP contribution in [0.25, 0.3) is 0 Å². The van der Waals surface area contributed by atoms with E-state index in [0.29, 0.717) is 26.1 Å². The van der Waals surface area contributed by atoms with Gasteiger partial charge in [-0.2, -0.15) is 0 Å². The fourth-order valence-electron chi connectivity index (χ4n) is 3.26. The number of hydrogen-bond donors (Lipinski definition) is 2. The Morgan fingerprint density at radius 3 is 2.75 bits per heavy atom. The van der Waals surface area contributed by atoms with Crippen molar-refractivity contribution < 1.29 is 29.2 Å². The van der Waals surface area contributed by atoms with E-state index < -0.39 is 30.4 Å². The molecule has 1 aromatic carbocycles. The minimum Gasteiger partial charge on any atom is -0.497 e. The highest BCUT2D eigenvalue weighted by Crippen LogP contribution is 2.32. The molecule has 3 rings (SSSR count). The average molecular weight is 337 g/mol. The van der Waals surface area contributed by atoms with Gasteiger partial charge in [0.1, 0.15) is 24.0 Å². The summed E-state index contributed by atoms with van der Waals surface area (Å²) < 4.78 is 16.0. The molecule has 1 amide bonds. The van der Waals surface area contributed by atoms with Crippen molar-refractivity contribution in [1.29, 1.82) is 0 Å². The van der Waals surface area contributed by atoms with E-state index in [1.165, 1.54) is 4.90 Å². The average Bonchev–Trinajstić information content (AvgIpc) is 3.06. The number of fused-ring (bicyclic) bond motifs is 1. The number of amides is 1. The first-order valence-corrected chi connectivity index (χ1v) is 8.14. The molecule has 2 N–H and O–H groups in total. The summed E-state index contributed by atoms with van der Waals surface area (Å²) >= 11 is 0. The molecule has 7 nitrogen and oxygen atoms in total. The Morgan fingerprint density at radius 1 is 1.29 bits per heavy atom. The summed E-state index contributed by atoms with van der Waals surface area (Å²) in [5.41, 5.74) is 1.06. The summed E-state index contributed by atoms with van der Waals surface area (Å²) in [6.07, 6.45) is -1.38. The topological polar surface area (TPSA) is 88.5 Å². The lowest BCUT2D eigenvalue weighted by molar-refractivity contribution is 0.0100. The third kappa shape index (κ3) is 3.48. The van der Waals surface area contributed by atoms with Crippen LogP contribution in [0, 0.1) is 0 Å². The van der Waals surface area contributed by atoms with Crippen molar-refractivity contribution in [3.05, 3.63) is 29.8 Å². The van der Waals surface area contributed by atoms with Crippen molar-refractivity contribution in [1.82, 2.24) is 4.90 Å². The lowest BCUT2D eigenvalue weighted by atomic mass is 10.0. The van der Waals surface area contributed by atoms with Gasteiger partial charge in [0.05, 0.1) is 26.4 Å². The second-order valence-corrected chi connectivity index (χ2v) is 6.17. The van der Waals surface area contributed by atoms with E-state index in [-0.39, 0.29) is 6.54 Å². The molecule has 0 spiro atoms. The number of rotatable bonds is 7. The van der Waals surface area contributed by atoms with E-state index in [2.05, 4.69) is 0 Å². The molecule has 24 heavy (non-hydrogen) atoms. The second kappa shape index (κ2) is 7.38. The zero-order valence-corrected chi connectivity index (χ0v) is 13.6. The van der Waals surface area contributed by atoms with Crippen molar-refractivity contribution in [2.45, 2.75) is 43.8 Å². The van der Waals surface area contributed by atoms with Crippen LogP contribution in [0.3, 0.4) is 0 Å². The number of aliphatic hydroxyl groups excluding tert-OH is 2. The van der Waals surface area contributed by atoms with E-state index in [9.17, 15) is 15.0 Å². The van der Waals surface area contributed by atoms with Gasteiger partial charge in [-0.05, 0) is 30.5 Å². The number of hydrogen-bond acceptors (Lipinski definition) is 6. The first kappa shape index (κ1) is 17.0. The molecule has 7 heteroatoms. The summed E-state index contributed by atoms with van der Waals surface area (Å²) in [6.45, 7) is 1.17. The molecule has 0 bridgehead atoms. The highest BCUT2D eigenvalue weighted by Gasteiger charge is 2.53. The van der Waals surface area contributed by atoms with Crippen LogP contribution >= 0.6 is 0 Å². The Kier molecular flexibility index (Phi) is 5.23. The molecule has 0 saturated carbocycles. The van der Waals surface area contributed by atoms with Crippen LogP contribution in [-0.2, 0) is 16.1 Å². The van der Waals surface area contributed by atoms with Gasteiger partial charge in [0, 0.05) is 6.61 Å². The van der Waals surface area contributed by atoms with Crippen LogP contribution in [-0.4, -0.2) is 65.8 Å². The molecule has 2 saturated heterocycles. The summed E-state index contributed by atoms with van der Waals surface area (Å²) in [4.78, 5) is 13.1. The lowest BCUT2D eigenvalue weighted by Gasteiger charge is -2.20. The second-order valence-electron chi connectivity index (χ2n) is 6.17. The zero-order chi connectivity index (χ0) is 17.1. The molecule has 1 aromatic rings. The summed E-state index contributed by atoms with van der Waals surface area (Å²) in [5.74, 6) is 0.809. The number of methoxy groups -OCH3 is 1. The van der Waals surface area contributed by atoms with Gasteiger partial charge >= 0.3 is 6.09 Å². The Morgan fingerprint density at radius 2 is 2.04 bits per heavy atom. The van der Waals surface area contributed by atoms with Gasteiger partial charge in [0.25, 0.3) is 0 Å². The van der Waals surface area contributed by atoms with Crippen LogP contribution in [0.4, 0.5) is 4.79 Å². The molecule has 2 aliphatic rings. The van der Waals surface area contributed by atoms with Crippen LogP contribution in [0.2, 0.25) is 0 Å². The molecular weight excluding hydrogens is 314 g/mol. The maximum absolute atomic E-state index is 11.7. The van der Waals surface area contributed by atoms with Crippen molar-refractivity contribution in [3.8, 4) is 5.75 Å². The van der Waals surface area contributed by atoms with Crippen molar-refractivity contribution >= 4 is 6.09 Å². The smallest absolute Gasteiger partial charge is 0.410 e. The number of carbonyl (C=O) groups is 1. The van der Waals surface area contributed by atoms with Gasteiger partial charge in [0.2, 0.25) is 0 Å². The summed E-state index contributed by atoms with van der Waals surface area (Å²) in [7, 11) is 1.63. The number of aliphatic hydroxyl groups is 2. The maximum atomic E-state index is 11.7. The van der Waals surface area contributed by atoms with Gasteiger partial charge in [-0.15, -0.1) is 0 Å². The number of nitrogens with zero attached hydrogens (tertiary/aromatic N) is 1. The van der Waals surface area contributed by atoms with E-state index in [4.69, 9.17) is 14.2 Å². The number of ether oxygens (including phenoxy) is 3. The van der Waals surface area contributed by atoms with Gasteiger partial charge < -0.3 is 24.4 Å². The summed E-state index contributed by atoms with van der Waals surface area (Å²) in [5, 5.41) is 19.7. The highest BCUT2D eigenvalue weighted by atomic mass is 16.6. The van der Waals surface area contributed by atoms with Crippen molar-refractivity contribution in [3.63, 3.8) is 0 Å². The van der Waals surface area contributed by atoms with Gasteiger partial charge in [0.15, 0.2) is 0 Å². The minimum absolute atomic E-state index is 0.134. The lowest BCUT2D eigenvalue weighted by Crippen LogP contribution is -2.39. The maximum Gasteiger partial charge on any atom is 0.410 e. The number of benzene rings is 1. The molecule has 2 aliphatic heterocycles. The van der Waals surface area contributed by atoms with Gasteiger partial charge in [-0.1, -0.05) is 12.1 Å². The normalized spacial score (nSPS) is 28.8. The first-order chi connectivity index (χ1) is 11.6. The molecule has 2 heterocycles. The third-order valence-electron chi connectivity index (χ3n) is 4.56. The number of cyclic esters (lactones) is 1. The molecule has 4 atom stereocenters. The molecular formula is C17H23NO6. The fourth-order valence-corrected chi connectivity index (χ4v) is 3.26. The van der Waals surface area contributed by atoms with E-state index in [1.54, 1.807) is 7.11 Å². The Labute approximate surface area is 140 Å². The van der Waals surface area contributed by atoms with Crippen LogP contribution in [0.15, 0.2) is 24.3 Å². The van der Waals surface area contributed by atoms with Crippen LogP contribution < -0.4 is 4.74 Å². The van der Waals surface area contributed by atoms with Crippen LogP contribution in [0.1, 0.15) is 18.4 Å². The predicted octanol–water partition coefficient (Wildman–Crippen LogP) is 0.917. The third-order valence-corrected chi connectivity index (χ3v) is 4.56. The largest absolute Gasteiger partial charge is 0.497 e. The van der Waals surface area contributed by atoms with Crippen molar-refractivity contribution in [2.75, 3.05) is 20.3 Å². The minimum atomic E-state index is -0.943. The standard InChI is InChI=1S/C17H23NO6/c1-22-12-6-4-11(5-7-12)10-23-8-2-3-14-15-16(20)13(19)9-18(15)17(21)24-14/h4-7,13-16,19-20H,2-3,8-10H2,1H3/t13-,14-,15-,16-/m1/s1. The molecule has 0 aliphatic carbocycles. The fraction of sp³-hybridized carbons (Fsp3) is 0.588. The van der Waals surface area contributed by atoms with E-state index >= 15 is 0 Å². The van der Waals surface area contributed by atoms with Gasteiger partial charge in [-0.25, -0.2) is 4.79 Å². The highest BCUT2D eigenvalue weighted by molar-refractivity contribution is 5.71. The summed E-state index contributed by atoms with van der Waals surface area (Å²) in [6, 6.07) is 7.22. The SMILES string of the molecule is COc1ccc(COCCC[C@H]2OC(=O)N3C[C@@H](O)[C@@H](O)[C@@H]23)cc1. The monoisotopic (exact) mass is 337 g/mol.